The maximum Gasteiger partial charge on any atom is 0.313 e. The van der Waals surface area contributed by atoms with Crippen molar-refractivity contribution < 1.29 is 9.90 Å². The van der Waals surface area contributed by atoms with Gasteiger partial charge in [-0.05, 0) is 49.4 Å². The van der Waals surface area contributed by atoms with Crippen LogP contribution in [0.2, 0.25) is 0 Å². The third-order valence-electron chi connectivity index (χ3n) is 4.01. The summed E-state index contributed by atoms with van der Waals surface area (Å²) in [4.78, 5) is 14.9. The number of aromatic nitrogens is 1. The molecule has 3 heteroatoms. The third-order valence-corrected chi connectivity index (χ3v) is 4.01. The van der Waals surface area contributed by atoms with E-state index in [2.05, 4.69) is 37.9 Å². The molecule has 2 N–H and O–H groups in total. The van der Waals surface area contributed by atoms with Crippen LogP contribution >= 0.6 is 0 Å². The number of H-pyrrole nitrogens is 1. The van der Waals surface area contributed by atoms with E-state index in [-0.39, 0.29) is 5.41 Å². The highest BCUT2D eigenvalue weighted by molar-refractivity contribution is 5.93. The molecule has 0 atom stereocenters. The minimum Gasteiger partial charge on any atom is -0.481 e. The number of carboxylic acids is 1. The molecule has 108 valence electrons. The number of aryl methyl sites for hydroxylation is 1. The zero-order valence-corrected chi connectivity index (χ0v) is 13.1. The van der Waals surface area contributed by atoms with Crippen molar-refractivity contribution >= 4 is 16.9 Å². The fraction of sp³-hybridized carbons (Fsp3) is 0.471. The molecule has 0 aliphatic carbocycles. The van der Waals surface area contributed by atoms with Gasteiger partial charge in [-0.2, -0.15) is 0 Å². The predicted molar refractivity (Wildman–Crippen MR) is 82.4 cm³/mol. The molecular formula is C17H23NO2. The fourth-order valence-electron chi connectivity index (χ4n) is 2.71. The van der Waals surface area contributed by atoms with Gasteiger partial charge in [0.25, 0.3) is 0 Å². The number of carbonyl (C=O) groups is 1. The van der Waals surface area contributed by atoms with Crippen molar-refractivity contribution in [2.75, 3.05) is 0 Å². The molecule has 1 aromatic carbocycles. The minimum absolute atomic E-state index is 0.0456. The highest BCUT2D eigenvalue weighted by atomic mass is 16.4. The molecule has 1 heterocycles. The lowest BCUT2D eigenvalue weighted by atomic mass is 9.81. The van der Waals surface area contributed by atoms with Crippen LogP contribution in [-0.4, -0.2) is 16.1 Å². The van der Waals surface area contributed by atoms with E-state index in [0.717, 1.165) is 22.2 Å². The molecular weight excluding hydrogens is 250 g/mol. The summed E-state index contributed by atoms with van der Waals surface area (Å²) in [6, 6.07) is 6.28. The number of benzene rings is 1. The molecule has 0 amide bonds. The number of rotatable bonds is 2. The van der Waals surface area contributed by atoms with Gasteiger partial charge in [0, 0.05) is 16.6 Å². The Kier molecular flexibility index (Phi) is 3.20. The summed E-state index contributed by atoms with van der Waals surface area (Å²) in [6.45, 7) is 11.9. The van der Waals surface area contributed by atoms with E-state index in [1.54, 1.807) is 13.8 Å². The first-order chi connectivity index (χ1) is 9.05. The van der Waals surface area contributed by atoms with Gasteiger partial charge in [0.1, 0.15) is 0 Å². The van der Waals surface area contributed by atoms with Crippen LogP contribution in [-0.2, 0) is 15.6 Å². The van der Waals surface area contributed by atoms with E-state index in [4.69, 9.17) is 0 Å². The highest BCUT2D eigenvalue weighted by Crippen LogP contribution is 2.36. The van der Waals surface area contributed by atoms with Gasteiger partial charge in [0.15, 0.2) is 0 Å². The maximum atomic E-state index is 11.6. The van der Waals surface area contributed by atoms with E-state index in [1.807, 2.05) is 13.0 Å². The van der Waals surface area contributed by atoms with E-state index >= 15 is 0 Å². The van der Waals surface area contributed by atoms with Gasteiger partial charge in [-0.3, -0.25) is 4.79 Å². The maximum absolute atomic E-state index is 11.6. The summed E-state index contributed by atoms with van der Waals surface area (Å²) in [6.07, 6.45) is 0. The molecule has 20 heavy (non-hydrogen) atoms. The van der Waals surface area contributed by atoms with Crippen LogP contribution in [0, 0.1) is 6.92 Å². The van der Waals surface area contributed by atoms with E-state index in [0.29, 0.717) is 0 Å². The summed E-state index contributed by atoms with van der Waals surface area (Å²) in [7, 11) is 0. The molecule has 2 rings (SSSR count). The second-order valence-corrected chi connectivity index (χ2v) is 7.07. The zero-order chi connectivity index (χ0) is 15.3. The van der Waals surface area contributed by atoms with Gasteiger partial charge >= 0.3 is 5.97 Å². The van der Waals surface area contributed by atoms with Gasteiger partial charge in [-0.25, -0.2) is 0 Å². The number of aromatic amines is 1. The van der Waals surface area contributed by atoms with Crippen LogP contribution in [0.1, 0.15) is 51.4 Å². The Morgan fingerprint density at radius 2 is 1.75 bits per heavy atom. The molecule has 3 nitrogen and oxygen atoms in total. The van der Waals surface area contributed by atoms with Gasteiger partial charge in [-0.15, -0.1) is 0 Å². The quantitative estimate of drug-likeness (QED) is 0.864. The van der Waals surface area contributed by atoms with Crippen molar-refractivity contribution in [3.8, 4) is 0 Å². The Bertz CT molecular complexity index is 672. The smallest absolute Gasteiger partial charge is 0.313 e. The number of fused-ring (bicyclic) bond motifs is 1. The van der Waals surface area contributed by atoms with Gasteiger partial charge < -0.3 is 10.1 Å². The zero-order valence-electron chi connectivity index (χ0n) is 13.1. The average Bonchev–Trinajstić information content (AvgIpc) is 2.62. The Labute approximate surface area is 120 Å². The second-order valence-electron chi connectivity index (χ2n) is 7.07. The largest absolute Gasteiger partial charge is 0.481 e. The van der Waals surface area contributed by atoms with Crippen molar-refractivity contribution in [3.63, 3.8) is 0 Å². The topological polar surface area (TPSA) is 53.1 Å². The summed E-state index contributed by atoms with van der Waals surface area (Å²) >= 11 is 0. The standard InChI is InChI=1S/C17H23NO2/c1-10-14(17(5,6)15(19)20)12-9-11(16(2,3)4)7-8-13(12)18-10/h7-9,18H,1-6H3,(H,19,20). The fourth-order valence-corrected chi connectivity index (χ4v) is 2.71. The van der Waals surface area contributed by atoms with Crippen LogP contribution in [0.4, 0.5) is 0 Å². The lowest BCUT2D eigenvalue weighted by Gasteiger charge is -2.22. The molecule has 2 aromatic rings. The summed E-state index contributed by atoms with van der Waals surface area (Å²) in [5.74, 6) is -0.803. The Morgan fingerprint density at radius 3 is 2.25 bits per heavy atom. The summed E-state index contributed by atoms with van der Waals surface area (Å²) in [5.41, 5.74) is 3.17. The highest BCUT2D eigenvalue weighted by Gasteiger charge is 2.34. The molecule has 0 saturated carbocycles. The third kappa shape index (κ3) is 2.21. The van der Waals surface area contributed by atoms with Crippen molar-refractivity contribution in [2.45, 2.75) is 52.4 Å². The molecule has 0 aliphatic heterocycles. The predicted octanol–water partition coefficient (Wildman–Crippen LogP) is 4.14. The lowest BCUT2D eigenvalue weighted by molar-refractivity contribution is -0.142. The normalized spacial score (nSPS) is 12.9. The lowest BCUT2D eigenvalue weighted by Crippen LogP contribution is -2.29. The first-order valence-electron chi connectivity index (χ1n) is 6.92. The summed E-state index contributed by atoms with van der Waals surface area (Å²) < 4.78 is 0. The first-order valence-corrected chi connectivity index (χ1v) is 6.92. The molecule has 0 radical (unpaired) electrons. The van der Waals surface area contributed by atoms with E-state index in [1.165, 1.54) is 5.56 Å². The van der Waals surface area contributed by atoms with Crippen LogP contribution in [0.3, 0.4) is 0 Å². The number of carboxylic acid groups (broad SMARTS) is 1. The number of nitrogens with one attached hydrogen (secondary N) is 1. The molecule has 0 bridgehead atoms. The van der Waals surface area contributed by atoms with Crippen molar-refractivity contribution in [2.24, 2.45) is 0 Å². The Hall–Kier alpha value is -1.77. The van der Waals surface area contributed by atoms with Crippen LogP contribution < -0.4 is 0 Å². The van der Waals surface area contributed by atoms with Gasteiger partial charge in [0.2, 0.25) is 0 Å². The van der Waals surface area contributed by atoms with Crippen molar-refractivity contribution in [1.82, 2.24) is 4.98 Å². The van der Waals surface area contributed by atoms with Crippen LogP contribution in [0.25, 0.3) is 10.9 Å². The van der Waals surface area contributed by atoms with Gasteiger partial charge in [0.05, 0.1) is 5.41 Å². The van der Waals surface area contributed by atoms with Gasteiger partial charge in [-0.1, -0.05) is 26.8 Å². The average molecular weight is 273 g/mol. The monoisotopic (exact) mass is 273 g/mol. The number of aliphatic carboxylic acids is 1. The molecule has 0 spiro atoms. The number of hydrogen-bond acceptors (Lipinski definition) is 1. The van der Waals surface area contributed by atoms with Crippen molar-refractivity contribution in [1.29, 1.82) is 0 Å². The molecule has 0 unspecified atom stereocenters. The molecule has 0 aliphatic rings. The Balaban J connectivity index is 2.78. The molecule has 0 saturated heterocycles. The minimum atomic E-state index is -0.904. The van der Waals surface area contributed by atoms with Crippen molar-refractivity contribution in [3.05, 3.63) is 35.0 Å². The Morgan fingerprint density at radius 1 is 1.15 bits per heavy atom. The second kappa shape index (κ2) is 4.37. The van der Waals surface area contributed by atoms with E-state index in [9.17, 15) is 9.90 Å². The first kappa shape index (κ1) is 14.6. The summed E-state index contributed by atoms with van der Waals surface area (Å²) in [5, 5.41) is 10.5. The van der Waals surface area contributed by atoms with E-state index < -0.39 is 11.4 Å². The molecule has 1 aromatic heterocycles. The SMILES string of the molecule is Cc1[nH]c2ccc(C(C)(C)C)cc2c1C(C)(C)C(=O)O. The number of hydrogen-bond donors (Lipinski definition) is 2. The van der Waals surface area contributed by atoms with Crippen LogP contribution in [0.5, 0.6) is 0 Å². The molecule has 0 fully saturated rings. The van der Waals surface area contributed by atoms with Crippen LogP contribution in [0.15, 0.2) is 18.2 Å².